The molecule has 0 rings (SSSR count). The lowest BCUT2D eigenvalue weighted by Gasteiger charge is -2.39. The van der Waals surface area contributed by atoms with E-state index in [-0.39, 0.29) is 12.4 Å². The maximum Gasteiger partial charge on any atom is 0.287 e. The molecule has 0 amide bonds. The van der Waals surface area contributed by atoms with Gasteiger partial charge in [-0.25, -0.2) is 0 Å². The zero-order chi connectivity index (χ0) is 7.82. The molecule has 0 aliphatic rings. The predicted molar refractivity (Wildman–Crippen MR) is 34.3 cm³/mol. The highest BCUT2D eigenvalue weighted by atomic mass is 35.5. The van der Waals surface area contributed by atoms with Crippen molar-refractivity contribution in [1.82, 2.24) is 0 Å². The van der Waals surface area contributed by atoms with Gasteiger partial charge in [-0.05, 0) is 0 Å². The van der Waals surface area contributed by atoms with Gasteiger partial charge in [0.25, 0.3) is 10.2 Å². The van der Waals surface area contributed by atoms with Crippen LogP contribution in [0.25, 0.3) is 0 Å². The van der Waals surface area contributed by atoms with Gasteiger partial charge >= 0.3 is 0 Å². The molecule has 0 heterocycles. The van der Waals surface area contributed by atoms with E-state index in [9.17, 15) is 19.4 Å². The first-order valence-corrected chi connectivity index (χ1v) is 4.09. The fraction of sp³-hybridized carbons (Fsp3) is 1.00. The Kier molecular flexibility index (Phi) is 2.73. The van der Waals surface area contributed by atoms with Crippen LogP contribution in [0, 0.1) is 0 Å². The van der Waals surface area contributed by atoms with Crippen LogP contribution in [0.3, 0.4) is 0 Å². The molecule has 0 aliphatic carbocycles. The van der Waals surface area contributed by atoms with E-state index >= 15 is 0 Å². The summed E-state index contributed by atoms with van der Waals surface area (Å²) in [5.74, 6) is -2.17. The second-order valence-electron chi connectivity index (χ2n) is 1.62. The van der Waals surface area contributed by atoms with Crippen LogP contribution in [0.5, 0.6) is 0 Å². The molecule has 0 spiro atoms. The molecule has 0 aromatic heterocycles. The highest BCUT2D eigenvalue weighted by molar-refractivity contribution is 8.45. The topological polar surface area (TPSA) is 26.0 Å². The van der Waals surface area contributed by atoms with E-state index < -0.39 is 22.5 Å². The van der Waals surface area contributed by atoms with Crippen LogP contribution in [0.2, 0.25) is 0 Å². The van der Waals surface area contributed by atoms with Crippen molar-refractivity contribution in [2.45, 2.75) is 0 Å². The Morgan fingerprint density at radius 1 is 1.00 bits per heavy atom. The molecular weight excluding hydrogens is 201 g/mol. The molecule has 68 valence electrons. The molecule has 0 saturated carbocycles. The molecule has 8 heteroatoms. The van der Waals surface area contributed by atoms with Gasteiger partial charge in [-0.2, -0.15) is 0 Å². The molecule has 0 fully saturated rings. The summed E-state index contributed by atoms with van der Waals surface area (Å²) in [6, 6.07) is 0. The van der Waals surface area contributed by atoms with Gasteiger partial charge in [0, 0.05) is 6.54 Å². The Hall–Kier alpha value is 0.250. The lowest BCUT2D eigenvalue weighted by molar-refractivity contribution is 0.365. The van der Waals surface area contributed by atoms with Crippen LogP contribution in [-0.4, -0.2) is 12.3 Å². The predicted octanol–water partition coefficient (Wildman–Crippen LogP) is 2.67. The quantitative estimate of drug-likeness (QED) is 0.693. The smallest absolute Gasteiger partial charge is 0.287 e. The van der Waals surface area contributed by atoms with E-state index in [0.717, 1.165) is 0 Å². The molecule has 0 aromatic rings. The van der Waals surface area contributed by atoms with E-state index in [1.54, 1.807) is 0 Å². The molecule has 0 saturated heterocycles. The monoisotopic (exact) mass is 207 g/mol. The number of rotatable bonds is 2. The standard InChI is InChI=1S/C2H6F5NS.ClH/c3-9(4,5,6,7)2-1-8;/h1-2,8H2;1H. The Balaban J connectivity index is 0. The summed E-state index contributed by atoms with van der Waals surface area (Å²) in [6.45, 7) is -1.06. The SMILES string of the molecule is Cl.NCCS(F)(F)(F)(F)F. The van der Waals surface area contributed by atoms with Crippen LogP contribution in [0.15, 0.2) is 0 Å². The third kappa shape index (κ3) is 11.1. The molecule has 0 bridgehead atoms. The van der Waals surface area contributed by atoms with Crippen molar-refractivity contribution in [3.63, 3.8) is 0 Å². The van der Waals surface area contributed by atoms with E-state index in [4.69, 9.17) is 0 Å². The van der Waals surface area contributed by atoms with Gasteiger partial charge in [0.05, 0.1) is 5.75 Å². The number of hydrogen-bond donors (Lipinski definition) is 1. The molecule has 0 aliphatic heterocycles. The molecule has 10 heavy (non-hydrogen) atoms. The van der Waals surface area contributed by atoms with Crippen LogP contribution in [-0.2, 0) is 0 Å². The second-order valence-corrected chi connectivity index (χ2v) is 4.29. The lowest BCUT2D eigenvalue weighted by Crippen LogP contribution is -2.18. The molecule has 1 nitrogen and oxygen atoms in total. The van der Waals surface area contributed by atoms with E-state index in [1.807, 2.05) is 0 Å². The number of halogens is 6. The largest absolute Gasteiger partial charge is 0.329 e. The van der Waals surface area contributed by atoms with Gasteiger partial charge < -0.3 is 5.73 Å². The van der Waals surface area contributed by atoms with Crippen molar-refractivity contribution < 1.29 is 19.4 Å². The zero-order valence-electron chi connectivity index (χ0n) is 4.70. The zero-order valence-corrected chi connectivity index (χ0v) is 6.33. The molecule has 0 unspecified atom stereocenters. The summed E-state index contributed by atoms with van der Waals surface area (Å²) in [5.41, 5.74) is 4.31. The van der Waals surface area contributed by atoms with Crippen molar-refractivity contribution in [3.8, 4) is 0 Å². The maximum absolute atomic E-state index is 11.1. The Bertz CT molecular complexity index is 114. The highest BCUT2D eigenvalue weighted by Crippen LogP contribution is 2.97. The fourth-order valence-corrected chi connectivity index (χ4v) is 0.668. The van der Waals surface area contributed by atoms with Gasteiger partial charge in [-0.15, -0.1) is 12.4 Å². The van der Waals surface area contributed by atoms with Gasteiger partial charge in [-0.3, -0.25) is 0 Å². The van der Waals surface area contributed by atoms with E-state index in [2.05, 4.69) is 5.73 Å². The molecular formula is C2H7ClF5NS. The summed E-state index contributed by atoms with van der Waals surface area (Å²) in [7, 11) is -9.16. The Morgan fingerprint density at radius 2 is 1.30 bits per heavy atom. The van der Waals surface area contributed by atoms with Crippen molar-refractivity contribution in [2.24, 2.45) is 5.73 Å². The minimum absolute atomic E-state index is 0. The first-order chi connectivity index (χ1) is 3.54. The van der Waals surface area contributed by atoms with E-state index in [0.29, 0.717) is 0 Å². The Morgan fingerprint density at radius 3 is 1.30 bits per heavy atom. The van der Waals surface area contributed by atoms with Crippen molar-refractivity contribution in [1.29, 1.82) is 0 Å². The van der Waals surface area contributed by atoms with Crippen LogP contribution in [0.1, 0.15) is 0 Å². The first-order valence-electron chi connectivity index (χ1n) is 1.97. The molecule has 0 atom stereocenters. The number of nitrogens with two attached hydrogens (primary N) is 1. The summed E-state index contributed by atoms with van der Waals surface area (Å²) >= 11 is 0. The summed E-state index contributed by atoms with van der Waals surface area (Å²) < 4.78 is 55.7. The fourth-order valence-electron chi connectivity index (χ4n) is 0.223. The third-order valence-electron chi connectivity index (χ3n) is 0.504. The first kappa shape index (κ1) is 12.9. The average molecular weight is 208 g/mol. The van der Waals surface area contributed by atoms with Crippen molar-refractivity contribution in [3.05, 3.63) is 0 Å². The summed E-state index contributed by atoms with van der Waals surface area (Å²) in [6.07, 6.45) is 0. The molecule has 2 N–H and O–H groups in total. The third-order valence-corrected chi connectivity index (χ3v) is 1.51. The summed E-state index contributed by atoms with van der Waals surface area (Å²) in [4.78, 5) is 0. The average Bonchev–Trinajstić information content (AvgIpc) is 1.22. The lowest BCUT2D eigenvalue weighted by atomic mass is 10.8. The van der Waals surface area contributed by atoms with Crippen molar-refractivity contribution in [2.75, 3.05) is 12.3 Å². The minimum Gasteiger partial charge on any atom is -0.329 e. The minimum atomic E-state index is -9.16. The van der Waals surface area contributed by atoms with Gasteiger partial charge in [-0.1, -0.05) is 19.4 Å². The highest BCUT2D eigenvalue weighted by Gasteiger charge is 2.62. The number of hydrogen-bond acceptors (Lipinski definition) is 1. The van der Waals surface area contributed by atoms with Crippen LogP contribution < -0.4 is 5.73 Å². The Labute approximate surface area is 60.9 Å². The second kappa shape index (κ2) is 2.12. The van der Waals surface area contributed by atoms with E-state index in [1.165, 1.54) is 0 Å². The van der Waals surface area contributed by atoms with Crippen LogP contribution >= 0.6 is 22.6 Å². The normalized spacial score (nSPS) is 18.6. The maximum atomic E-state index is 11.1. The van der Waals surface area contributed by atoms with Gasteiger partial charge in [0.15, 0.2) is 0 Å². The molecule has 0 aromatic carbocycles. The molecule has 0 radical (unpaired) electrons. The summed E-state index contributed by atoms with van der Waals surface area (Å²) in [5, 5.41) is 0. The van der Waals surface area contributed by atoms with Gasteiger partial charge in [0.2, 0.25) is 0 Å². The van der Waals surface area contributed by atoms with Crippen molar-refractivity contribution >= 4 is 22.6 Å². The van der Waals surface area contributed by atoms with Gasteiger partial charge in [0.1, 0.15) is 0 Å². The van der Waals surface area contributed by atoms with Crippen LogP contribution in [0.4, 0.5) is 19.4 Å².